The van der Waals surface area contributed by atoms with Crippen molar-refractivity contribution < 1.29 is 28.6 Å². The van der Waals surface area contributed by atoms with Crippen LogP contribution in [0.5, 0.6) is 5.75 Å². The second-order valence-corrected chi connectivity index (χ2v) is 6.94. The Morgan fingerprint density at radius 3 is 2.32 bits per heavy atom. The van der Waals surface area contributed by atoms with Gasteiger partial charge >= 0.3 is 18.0 Å². The van der Waals surface area contributed by atoms with Gasteiger partial charge in [0.2, 0.25) is 0 Å². The topological polar surface area (TPSA) is 103 Å². The molecule has 1 aliphatic rings. The van der Waals surface area contributed by atoms with Crippen LogP contribution in [0.25, 0.3) is 0 Å². The first-order valence-electron chi connectivity index (χ1n) is 9.47. The van der Waals surface area contributed by atoms with Crippen LogP contribution in [-0.2, 0) is 14.3 Å². The highest BCUT2D eigenvalue weighted by Crippen LogP contribution is 2.29. The van der Waals surface area contributed by atoms with Gasteiger partial charge in [-0.05, 0) is 48.9 Å². The SMILES string of the molecule is CCOC(=O)C1=C(COc2ccc(C(=O)OC)cc2)NC(=O)NC1c1ccc(Cl)cc1. The van der Waals surface area contributed by atoms with E-state index in [1.165, 1.54) is 7.11 Å². The lowest BCUT2D eigenvalue weighted by Crippen LogP contribution is -2.47. The molecule has 2 N–H and O–H groups in total. The van der Waals surface area contributed by atoms with Crippen molar-refractivity contribution in [3.8, 4) is 5.75 Å². The van der Waals surface area contributed by atoms with Crippen LogP contribution < -0.4 is 15.4 Å². The Morgan fingerprint density at radius 1 is 1.03 bits per heavy atom. The van der Waals surface area contributed by atoms with Crippen LogP contribution in [-0.4, -0.2) is 38.3 Å². The molecule has 8 nitrogen and oxygen atoms in total. The summed E-state index contributed by atoms with van der Waals surface area (Å²) in [5.41, 5.74) is 1.55. The van der Waals surface area contributed by atoms with Crippen LogP contribution in [0, 0.1) is 0 Å². The van der Waals surface area contributed by atoms with Gasteiger partial charge < -0.3 is 24.8 Å². The standard InChI is InChI=1S/C22H21ClN2O6/c1-3-30-21(27)18-17(12-31-16-10-6-14(7-11-16)20(26)29-2)24-22(28)25-19(18)13-4-8-15(23)9-5-13/h4-11,19H,3,12H2,1-2H3,(H2,24,25,28). The van der Waals surface area contributed by atoms with Gasteiger partial charge in [0.1, 0.15) is 12.4 Å². The predicted molar refractivity (Wildman–Crippen MR) is 113 cm³/mol. The molecule has 162 valence electrons. The first-order chi connectivity index (χ1) is 14.9. The molecule has 2 aromatic carbocycles. The maximum absolute atomic E-state index is 12.7. The van der Waals surface area contributed by atoms with Crippen molar-refractivity contribution in [1.29, 1.82) is 0 Å². The van der Waals surface area contributed by atoms with Crippen molar-refractivity contribution in [2.24, 2.45) is 0 Å². The van der Waals surface area contributed by atoms with E-state index in [1.54, 1.807) is 55.5 Å². The Kier molecular flexibility index (Phi) is 7.15. The Morgan fingerprint density at radius 2 is 1.71 bits per heavy atom. The molecule has 1 heterocycles. The van der Waals surface area contributed by atoms with Crippen molar-refractivity contribution in [3.05, 3.63) is 76.0 Å². The average molecular weight is 445 g/mol. The molecule has 0 aliphatic carbocycles. The maximum atomic E-state index is 12.7. The highest BCUT2D eigenvalue weighted by atomic mass is 35.5. The van der Waals surface area contributed by atoms with E-state index in [0.717, 1.165) is 0 Å². The van der Waals surface area contributed by atoms with Crippen LogP contribution in [0.3, 0.4) is 0 Å². The number of halogens is 1. The molecule has 0 fully saturated rings. The molecule has 0 saturated heterocycles. The lowest BCUT2D eigenvalue weighted by atomic mass is 9.95. The van der Waals surface area contributed by atoms with Gasteiger partial charge in [-0.3, -0.25) is 0 Å². The molecule has 31 heavy (non-hydrogen) atoms. The fourth-order valence-corrected chi connectivity index (χ4v) is 3.17. The minimum atomic E-state index is -0.731. The Labute approximate surface area is 184 Å². The molecule has 0 radical (unpaired) electrons. The normalized spacial score (nSPS) is 15.6. The number of methoxy groups -OCH3 is 1. The Bertz CT molecular complexity index is 1000. The van der Waals surface area contributed by atoms with E-state index in [9.17, 15) is 14.4 Å². The van der Waals surface area contributed by atoms with Crippen LogP contribution >= 0.6 is 11.6 Å². The minimum Gasteiger partial charge on any atom is -0.487 e. The van der Waals surface area contributed by atoms with Gasteiger partial charge in [0.25, 0.3) is 0 Å². The number of esters is 2. The van der Waals surface area contributed by atoms with Gasteiger partial charge in [0, 0.05) is 5.02 Å². The number of carbonyl (C=O) groups is 3. The summed E-state index contributed by atoms with van der Waals surface area (Å²) < 4.78 is 15.6. The van der Waals surface area contributed by atoms with Crippen molar-refractivity contribution >= 4 is 29.6 Å². The third kappa shape index (κ3) is 5.35. The van der Waals surface area contributed by atoms with E-state index in [2.05, 4.69) is 15.4 Å². The van der Waals surface area contributed by atoms with Crippen molar-refractivity contribution in [3.63, 3.8) is 0 Å². The van der Waals surface area contributed by atoms with Gasteiger partial charge in [-0.1, -0.05) is 23.7 Å². The molecule has 0 aromatic heterocycles. The van der Waals surface area contributed by atoms with Gasteiger partial charge in [-0.15, -0.1) is 0 Å². The largest absolute Gasteiger partial charge is 0.487 e. The molecule has 0 spiro atoms. The molecular weight excluding hydrogens is 424 g/mol. The smallest absolute Gasteiger partial charge is 0.338 e. The molecule has 1 aliphatic heterocycles. The molecule has 0 saturated carbocycles. The van der Waals surface area contributed by atoms with E-state index in [0.29, 0.717) is 21.9 Å². The zero-order chi connectivity index (χ0) is 22.4. The summed E-state index contributed by atoms with van der Waals surface area (Å²) in [4.78, 5) is 36.6. The van der Waals surface area contributed by atoms with Crippen molar-refractivity contribution in [2.45, 2.75) is 13.0 Å². The lowest BCUT2D eigenvalue weighted by Gasteiger charge is -2.29. The summed E-state index contributed by atoms with van der Waals surface area (Å²) >= 11 is 5.96. The van der Waals surface area contributed by atoms with E-state index in [-0.39, 0.29) is 24.5 Å². The highest BCUT2D eigenvalue weighted by molar-refractivity contribution is 6.30. The fourth-order valence-electron chi connectivity index (χ4n) is 3.05. The third-order valence-corrected chi connectivity index (χ3v) is 4.76. The molecule has 1 atom stereocenters. The quantitative estimate of drug-likeness (QED) is 0.634. The number of hydrogen-bond donors (Lipinski definition) is 2. The molecule has 9 heteroatoms. The first-order valence-corrected chi connectivity index (χ1v) is 9.85. The van der Waals surface area contributed by atoms with Gasteiger partial charge in [-0.25, -0.2) is 14.4 Å². The molecule has 2 amide bonds. The number of ether oxygens (including phenoxy) is 3. The van der Waals surface area contributed by atoms with E-state index in [1.807, 2.05) is 0 Å². The molecule has 1 unspecified atom stereocenters. The number of urea groups is 1. The predicted octanol–water partition coefficient (Wildman–Crippen LogP) is 3.38. The summed E-state index contributed by atoms with van der Waals surface area (Å²) in [6, 6.07) is 11.9. The monoisotopic (exact) mass is 444 g/mol. The molecule has 0 bridgehead atoms. The van der Waals surface area contributed by atoms with E-state index < -0.39 is 24.0 Å². The second-order valence-electron chi connectivity index (χ2n) is 6.50. The fraction of sp³-hybridized carbons (Fsp3) is 0.227. The van der Waals surface area contributed by atoms with Gasteiger partial charge in [0.15, 0.2) is 0 Å². The Balaban J connectivity index is 1.89. The molecule has 3 rings (SSSR count). The number of rotatable bonds is 7. The molecular formula is C22H21ClN2O6. The van der Waals surface area contributed by atoms with Crippen molar-refractivity contribution in [1.82, 2.24) is 10.6 Å². The number of amides is 2. The summed E-state index contributed by atoms with van der Waals surface area (Å²) in [7, 11) is 1.30. The first kappa shape index (κ1) is 22.2. The second kappa shape index (κ2) is 9.99. The van der Waals surface area contributed by atoms with E-state index in [4.69, 9.17) is 21.1 Å². The number of hydrogen-bond acceptors (Lipinski definition) is 6. The zero-order valence-corrected chi connectivity index (χ0v) is 17.7. The average Bonchev–Trinajstić information content (AvgIpc) is 2.77. The minimum absolute atomic E-state index is 0.0940. The summed E-state index contributed by atoms with van der Waals surface area (Å²) in [6.45, 7) is 1.78. The summed E-state index contributed by atoms with van der Waals surface area (Å²) in [5, 5.41) is 5.90. The summed E-state index contributed by atoms with van der Waals surface area (Å²) in [5.74, 6) is -0.593. The maximum Gasteiger partial charge on any atom is 0.338 e. The zero-order valence-electron chi connectivity index (χ0n) is 16.9. The van der Waals surface area contributed by atoms with Gasteiger partial charge in [-0.2, -0.15) is 0 Å². The number of benzene rings is 2. The Hall–Kier alpha value is -3.52. The lowest BCUT2D eigenvalue weighted by molar-refractivity contribution is -0.139. The van der Waals surface area contributed by atoms with Crippen LogP contribution in [0.1, 0.15) is 28.9 Å². The van der Waals surface area contributed by atoms with Gasteiger partial charge in [0.05, 0.1) is 36.6 Å². The number of carbonyl (C=O) groups excluding carboxylic acids is 3. The van der Waals surface area contributed by atoms with Crippen LogP contribution in [0.15, 0.2) is 59.8 Å². The summed E-state index contributed by atoms with van der Waals surface area (Å²) in [6.07, 6.45) is 0. The van der Waals surface area contributed by atoms with Crippen molar-refractivity contribution in [2.75, 3.05) is 20.3 Å². The highest BCUT2D eigenvalue weighted by Gasteiger charge is 2.34. The van der Waals surface area contributed by atoms with Crippen LogP contribution in [0.4, 0.5) is 4.79 Å². The van der Waals surface area contributed by atoms with Crippen LogP contribution in [0.2, 0.25) is 5.02 Å². The number of nitrogens with one attached hydrogen (secondary N) is 2. The molecule has 2 aromatic rings. The third-order valence-electron chi connectivity index (χ3n) is 4.51. The van der Waals surface area contributed by atoms with E-state index >= 15 is 0 Å².